The minimum atomic E-state index is 0.0249. The summed E-state index contributed by atoms with van der Waals surface area (Å²) in [5.74, 6) is 0.674. The van der Waals surface area contributed by atoms with Crippen molar-refractivity contribution in [2.24, 2.45) is 0 Å². The van der Waals surface area contributed by atoms with Gasteiger partial charge >= 0.3 is 0 Å². The number of aromatic nitrogens is 3. The first-order valence-corrected chi connectivity index (χ1v) is 13.1. The van der Waals surface area contributed by atoms with Gasteiger partial charge in [-0.2, -0.15) is 4.98 Å². The minimum Gasteiger partial charge on any atom is -0.351 e. The van der Waals surface area contributed by atoms with Gasteiger partial charge in [-0.25, -0.2) is 4.98 Å². The normalized spacial score (nSPS) is 19.0. The number of hydrogen-bond donors (Lipinski definition) is 1. The molecule has 2 fully saturated rings. The molecule has 180 valence electrons. The summed E-state index contributed by atoms with van der Waals surface area (Å²) in [6, 6.07) is 12.9. The molecule has 1 saturated heterocycles. The van der Waals surface area contributed by atoms with Crippen molar-refractivity contribution in [1.82, 2.24) is 19.4 Å². The Morgan fingerprint density at radius 1 is 1.09 bits per heavy atom. The molecule has 6 nitrogen and oxygen atoms in total. The zero-order chi connectivity index (χ0) is 23.5. The second-order valence-corrected chi connectivity index (χ2v) is 10.1. The highest BCUT2D eigenvalue weighted by molar-refractivity contribution is 5.76. The molecule has 0 spiro atoms. The third-order valence-electron chi connectivity index (χ3n) is 7.72. The van der Waals surface area contributed by atoms with Gasteiger partial charge in [0.05, 0.1) is 0 Å². The number of likely N-dealkylation sites (tertiary alicyclic amines) is 1. The van der Waals surface area contributed by atoms with Gasteiger partial charge in [0.25, 0.3) is 5.56 Å². The Morgan fingerprint density at radius 3 is 2.53 bits per heavy atom. The molecule has 1 atom stereocenters. The Balaban J connectivity index is 1.49. The number of nitrogens with zero attached hydrogens (tertiary/aromatic N) is 4. The molecule has 1 aliphatic heterocycles. The largest absolute Gasteiger partial charge is 0.351 e. The number of rotatable bonds is 7. The lowest BCUT2D eigenvalue weighted by Crippen LogP contribution is -2.39. The summed E-state index contributed by atoms with van der Waals surface area (Å²) in [6.07, 6.45) is 9.74. The van der Waals surface area contributed by atoms with Crippen molar-refractivity contribution in [3.8, 4) is 0 Å². The summed E-state index contributed by atoms with van der Waals surface area (Å²) in [6.45, 7) is 7.78. The van der Waals surface area contributed by atoms with Crippen LogP contribution in [0.2, 0.25) is 0 Å². The van der Waals surface area contributed by atoms with Gasteiger partial charge in [0.1, 0.15) is 5.65 Å². The molecule has 0 bridgehead atoms. The number of nitrogens with one attached hydrogen (secondary N) is 1. The Morgan fingerprint density at radius 2 is 1.82 bits per heavy atom. The summed E-state index contributed by atoms with van der Waals surface area (Å²) < 4.78 is 1.99. The number of pyridine rings is 1. The first-order chi connectivity index (χ1) is 16.6. The van der Waals surface area contributed by atoms with Crippen LogP contribution in [0, 0.1) is 0 Å². The molecule has 6 heteroatoms. The van der Waals surface area contributed by atoms with E-state index < -0.39 is 0 Å². The fourth-order valence-electron chi connectivity index (χ4n) is 5.74. The minimum absolute atomic E-state index is 0.0249. The molecular weight excluding hydrogens is 422 g/mol. The van der Waals surface area contributed by atoms with E-state index in [0.29, 0.717) is 12.0 Å². The molecular formula is C28H37N5O. The predicted octanol–water partition coefficient (Wildman–Crippen LogP) is 5.34. The van der Waals surface area contributed by atoms with Crippen molar-refractivity contribution < 1.29 is 0 Å². The first-order valence-electron chi connectivity index (χ1n) is 13.1. The van der Waals surface area contributed by atoms with Gasteiger partial charge in [0, 0.05) is 48.2 Å². The van der Waals surface area contributed by atoms with E-state index in [1.165, 1.54) is 25.8 Å². The molecule has 1 aliphatic carbocycles. The second-order valence-electron chi connectivity index (χ2n) is 10.1. The SMILES string of the molecule is CCCN1CCC(Nc2ncc3cc(C(C)c4ccccc4)c(=O)n(C4CCCC4)c3n2)CC1. The summed E-state index contributed by atoms with van der Waals surface area (Å²) in [5.41, 5.74) is 2.87. The fourth-order valence-corrected chi connectivity index (χ4v) is 5.74. The van der Waals surface area contributed by atoms with Crippen molar-refractivity contribution >= 4 is 17.0 Å². The van der Waals surface area contributed by atoms with Crippen LogP contribution in [0.3, 0.4) is 0 Å². The third kappa shape index (κ3) is 4.74. The number of fused-ring (bicyclic) bond motifs is 1. The van der Waals surface area contributed by atoms with Crippen molar-refractivity contribution in [2.45, 2.75) is 76.8 Å². The van der Waals surface area contributed by atoms with Crippen LogP contribution in [0.15, 0.2) is 47.4 Å². The maximum atomic E-state index is 13.9. The maximum Gasteiger partial charge on any atom is 0.256 e. The molecule has 1 unspecified atom stereocenters. The lowest BCUT2D eigenvalue weighted by atomic mass is 9.93. The summed E-state index contributed by atoms with van der Waals surface area (Å²) >= 11 is 0. The van der Waals surface area contributed by atoms with Gasteiger partial charge in [0.2, 0.25) is 5.95 Å². The van der Waals surface area contributed by atoms with Crippen LogP contribution in [0.25, 0.3) is 11.0 Å². The van der Waals surface area contributed by atoms with Gasteiger partial charge in [-0.1, -0.05) is 57.0 Å². The van der Waals surface area contributed by atoms with Gasteiger partial charge in [-0.15, -0.1) is 0 Å². The zero-order valence-corrected chi connectivity index (χ0v) is 20.5. The van der Waals surface area contributed by atoms with Crippen LogP contribution in [-0.4, -0.2) is 45.1 Å². The standard InChI is InChI=1S/C28H37N5O/c1-3-15-32-16-13-23(14-17-32)30-28-29-19-22-18-25(20(2)21-9-5-4-6-10-21)27(34)33(26(22)31-28)24-11-7-8-12-24/h4-6,9-10,18-20,23-24H,3,7-8,11-17H2,1-2H3,(H,29,30,31). The molecule has 3 aromatic rings. The lowest BCUT2D eigenvalue weighted by Gasteiger charge is -2.32. The van der Waals surface area contributed by atoms with Gasteiger partial charge in [0.15, 0.2) is 0 Å². The molecule has 34 heavy (non-hydrogen) atoms. The Bertz CT molecular complexity index is 1160. The zero-order valence-electron chi connectivity index (χ0n) is 20.5. The van der Waals surface area contributed by atoms with E-state index in [0.717, 1.165) is 60.9 Å². The van der Waals surface area contributed by atoms with Crippen LogP contribution in [0.4, 0.5) is 5.95 Å². The van der Waals surface area contributed by atoms with E-state index in [-0.39, 0.29) is 17.5 Å². The Labute approximate surface area is 202 Å². The van der Waals surface area contributed by atoms with E-state index in [2.05, 4.69) is 41.2 Å². The lowest BCUT2D eigenvalue weighted by molar-refractivity contribution is 0.219. The van der Waals surface area contributed by atoms with Crippen molar-refractivity contribution in [3.05, 3.63) is 64.1 Å². The van der Waals surface area contributed by atoms with Crippen LogP contribution < -0.4 is 10.9 Å². The van der Waals surface area contributed by atoms with E-state index in [9.17, 15) is 4.79 Å². The molecule has 2 aliphatic rings. The van der Waals surface area contributed by atoms with Gasteiger partial charge < -0.3 is 10.2 Å². The number of benzene rings is 1. The molecule has 2 aromatic heterocycles. The molecule has 0 amide bonds. The highest BCUT2D eigenvalue weighted by Crippen LogP contribution is 2.32. The number of piperidine rings is 1. The highest BCUT2D eigenvalue weighted by Gasteiger charge is 2.25. The fraction of sp³-hybridized carbons (Fsp3) is 0.536. The quantitative estimate of drug-likeness (QED) is 0.516. The van der Waals surface area contributed by atoms with E-state index in [1.807, 2.05) is 35.0 Å². The van der Waals surface area contributed by atoms with Gasteiger partial charge in [-0.3, -0.25) is 9.36 Å². The highest BCUT2D eigenvalue weighted by atomic mass is 16.1. The smallest absolute Gasteiger partial charge is 0.256 e. The van der Waals surface area contributed by atoms with Crippen LogP contribution in [-0.2, 0) is 0 Å². The second kappa shape index (κ2) is 10.3. The Kier molecular flexibility index (Phi) is 6.95. The monoisotopic (exact) mass is 459 g/mol. The maximum absolute atomic E-state index is 13.9. The topological polar surface area (TPSA) is 63.1 Å². The molecule has 1 saturated carbocycles. The Hall–Kier alpha value is -2.73. The van der Waals surface area contributed by atoms with Crippen molar-refractivity contribution in [1.29, 1.82) is 0 Å². The summed E-state index contributed by atoms with van der Waals surface area (Å²) in [4.78, 5) is 26.0. The molecule has 3 heterocycles. The van der Waals surface area contributed by atoms with E-state index in [1.54, 1.807) is 0 Å². The van der Waals surface area contributed by atoms with Gasteiger partial charge in [-0.05, 0) is 50.3 Å². The number of hydrogen-bond acceptors (Lipinski definition) is 5. The van der Waals surface area contributed by atoms with Crippen molar-refractivity contribution in [3.63, 3.8) is 0 Å². The molecule has 0 radical (unpaired) electrons. The van der Waals surface area contributed by atoms with Crippen LogP contribution >= 0.6 is 0 Å². The van der Waals surface area contributed by atoms with E-state index in [4.69, 9.17) is 4.98 Å². The first kappa shape index (κ1) is 23.0. The van der Waals surface area contributed by atoms with Crippen LogP contribution in [0.1, 0.15) is 81.9 Å². The summed E-state index contributed by atoms with van der Waals surface area (Å²) in [5, 5.41) is 4.52. The molecule has 5 rings (SSSR count). The average molecular weight is 460 g/mol. The average Bonchev–Trinajstić information content (AvgIpc) is 3.40. The van der Waals surface area contributed by atoms with Crippen molar-refractivity contribution in [2.75, 3.05) is 25.0 Å². The molecule has 1 N–H and O–H groups in total. The number of anilines is 1. The third-order valence-corrected chi connectivity index (χ3v) is 7.72. The summed E-state index contributed by atoms with van der Waals surface area (Å²) in [7, 11) is 0. The van der Waals surface area contributed by atoms with Crippen LogP contribution in [0.5, 0.6) is 0 Å². The van der Waals surface area contributed by atoms with E-state index >= 15 is 0 Å². The molecule has 1 aromatic carbocycles. The predicted molar refractivity (Wildman–Crippen MR) is 139 cm³/mol.